The minimum atomic E-state index is -0.660. The first kappa shape index (κ1) is 28.1. The third-order valence-corrected chi connectivity index (χ3v) is 7.58. The average Bonchev–Trinajstić information content (AvgIpc) is 3.34. The van der Waals surface area contributed by atoms with Gasteiger partial charge < -0.3 is 20.4 Å². The number of hydrogen-bond acceptors (Lipinski definition) is 6. The van der Waals surface area contributed by atoms with Gasteiger partial charge in [0.25, 0.3) is 11.9 Å². The Labute approximate surface area is 224 Å². The Morgan fingerprint density at radius 2 is 2.14 bits per heavy atom. The number of aryl methyl sites for hydroxylation is 1. The molecule has 0 unspecified atom stereocenters. The highest BCUT2D eigenvalue weighted by atomic mass is 35.5. The summed E-state index contributed by atoms with van der Waals surface area (Å²) in [6.07, 6.45) is 2.48. The predicted molar refractivity (Wildman–Crippen MR) is 143 cm³/mol. The minimum absolute atomic E-state index is 0.0983. The van der Waals surface area contributed by atoms with Crippen molar-refractivity contribution in [2.75, 3.05) is 26.7 Å². The summed E-state index contributed by atoms with van der Waals surface area (Å²) < 4.78 is 0. The standard InChI is InChI=1S/C23H31Cl2N7O3S/c1-15-12-19(24)28-21(25)20(15)22(33)27-8-4-16(2)30-9-5-18(6-10-30)31(13-17-7-11-36-14-17)23(26-3)29-32(34)35/h7,11-12,14,16,18H,4-6,8-10,13H2,1-3H3,(H,26,29)(H,27,33)/t16-/m1/s1. The van der Waals surface area contributed by atoms with E-state index in [0.717, 1.165) is 37.9 Å². The Hall–Kier alpha value is -2.47. The fraction of sp³-hybridized carbons (Fsp3) is 0.522. The zero-order valence-corrected chi connectivity index (χ0v) is 22.9. The zero-order valence-electron chi connectivity index (χ0n) is 20.5. The van der Waals surface area contributed by atoms with Crippen LogP contribution in [0.1, 0.15) is 47.7 Å². The molecule has 1 amide bonds. The van der Waals surface area contributed by atoms with Gasteiger partial charge in [0.2, 0.25) is 0 Å². The summed E-state index contributed by atoms with van der Waals surface area (Å²) in [6, 6.07) is 4.03. The number of hydrogen-bond donors (Lipinski definition) is 2. The van der Waals surface area contributed by atoms with Gasteiger partial charge in [-0.1, -0.05) is 23.2 Å². The molecule has 0 bridgehead atoms. The molecule has 2 aromatic heterocycles. The normalized spacial score (nSPS) is 16.0. The number of thiophene rings is 1. The molecule has 36 heavy (non-hydrogen) atoms. The van der Waals surface area contributed by atoms with Gasteiger partial charge in [-0.2, -0.15) is 11.3 Å². The molecule has 1 fully saturated rings. The first-order valence-electron chi connectivity index (χ1n) is 11.7. The number of pyridine rings is 1. The molecular formula is C23H31Cl2N7O3S. The number of rotatable bonds is 9. The van der Waals surface area contributed by atoms with E-state index in [1.165, 1.54) is 0 Å². The van der Waals surface area contributed by atoms with E-state index in [4.69, 9.17) is 23.2 Å². The summed E-state index contributed by atoms with van der Waals surface area (Å²) in [4.78, 5) is 32.0. The Kier molecular flexibility index (Phi) is 10.3. The molecule has 3 rings (SSSR count). The summed E-state index contributed by atoms with van der Waals surface area (Å²) in [5.74, 6) is 0.00683. The quantitative estimate of drug-likeness (QED) is 0.158. The largest absolute Gasteiger partial charge is 0.354 e. The van der Waals surface area contributed by atoms with Crippen molar-refractivity contribution in [1.82, 2.24) is 25.4 Å². The zero-order chi connectivity index (χ0) is 26.2. The van der Waals surface area contributed by atoms with E-state index in [0.29, 0.717) is 24.2 Å². The molecule has 10 nitrogen and oxygen atoms in total. The molecule has 0 spiro atoms. The number of piperidine rings is 1. The smallest absolute Gasteiger partial charge is 0.271 e. The van der Waals surface area contributed by atoms with E-state index in [9.17, 15) is 14.9 Å². The van der Waals surface area contributed by atoms with Crippen molar-refractivity contribution in [2.24, 2.45) is 5.10 Å². The molecule has 1 atom stereocenters. The molecule has 1 saturated heterocycles. The number of carbonyl (C=O) groups excluding carboxylic acids is 1. The summed E-state index contributed by atoms with van der Waals surface area (Å²) in [5, 5.41) is 24.3. The second kappa shape index (κ2) is 13.2. The van der Waals surface area contributed by atoms with Crippen molar-refractivity contribution >= 4 is 46.4 Å². The topological polar surface area (TPSA) is 116 Å². The van der Waals surface area contributed by atoms with Gasteiger partial charge in [-0.05, 0) is 67.1 Å². The van der Waals surface area contributed by atoms with Gasteiger partial charge in [-0.15, -0.1) is 0 Å². The minimum Gasteiger partial charge on any atom is -0.354 e. The Morgan fingerprint density at radius 3 is 2.72 bits per heavy atom. The Balaban J connectivity index is 1.54. The lowest BCUT2D eigenvalue weighted by molar-refractivity contribution is -0.486. The van der Waals surface area contributed by atoms with Crippen LogP contribution < -0.4 is 10.6 Å². The number of nitro groups is 1. The monoisotopic (exact) mass is 555 g/mol. The van der Waals surface area contributed by atoms with Crippen LogP contribution in [-0.4, -0.2) is 70.4 Å². The molecule has 196 valence electrons. The molecule has 2 aromatic rings. The van der Waals surface area contributed by atoms with Gasteiger partial charge in [0.15, 0.2) is 5.03 Å². The number of aromatic nitrogens is 1. The van der Waals surface area contributed by atoms with Gasteiger partial charge >= 0.3 is 0 Å². The van der Waals surface area contributed by atoms with Crippen LogP contribution >= 0.6 is 34.5 Å². The number of carbonyl (C=O) groups is 1. The van der Waals surface area contributed by atoms with Crippen LogP contribution in [0.2, 0.25) is 10.3 Å². The van der Waals surface area contributed by atoms with Crippen LogP contribution in [0.5, 0.6) is 0 Å². The molecule has 0 aromatic carbocycles. The van der Waals surface area contributed by atoms with Gasteiger partial charge in [-0.3, -0.25) is 4.79 Å². The highest BCUT2D eigenvalue weighted by Crippen LogP contribution is 2.23. The third kappa shape index (κ3) is 7.52. The predicted octanol–water partition coefficient (Wildman–Crippen LogP) is 4.00. The van der Waals surface area contributed by atoms with E-state index in [-0.39, 0.29) is 34.3 Å². The molecule has 3 heterocycles. The fourth-order valence-electron chi connectivity index (χ4n) is 4.46. The van der Waals surface area contributed by atoms with E-state index >= 15 is 0 Å². The number of nitrogens with zero attached hydrogens (tertiary/aromatic N) is 5. The number of likely N-dealkylation sites (tertiary alicyclic amines) is 1. The van der Waals surface area contributed by atoms with Gasteiger partial charge in [0.1, 0.15) is 15.4 Å². The van der Waals surface area contributed by atoms with Gasteiger partial charge in [0.05, 0.1) is 5.56 Å². The highest BCUT2D eigenvalue weighted by molar-refractivity contribution is 7.07. The molecule has 0 aliphatic carbocycles. The van der Waals surface area contributed by atoms with Crippen LogP contribution in [0, 0.1) is 17.0 Å². The van der Waals surface area contributed by atoms with Gasteiger partial charge in [-0.25, -0.2) is 15.1 Å². The summed E-state index contributed by atoms with van der Waals surface area (Å²) in [7, 11) is 1.66. The van der Waals surface area contributed by atoms with Crippen LogP contribution in [0.15, 0.2) is 28.0 Å². The summed E-state index contributed by atoms with van der Waals surface area (Å²) in [6.45, 7) is 6.68. The maximum atomic E-state index is 12.6. The fourth-order valence-corrected chi connectivity index (χ4v) is 5.73. The lowest BCUT2D eigenvalue weighted by Gasteiger charge is -2.41. The number of nitrogens with one attached hydrogen (secondary N) is 2. The Morgan fingerprint density at radius 1 is 1.42 bits per heavy atom. The van der Waals surface area contributed by atoms with Gasteiger partial charge in [0, 0.05) is 45.3 Å². The highest BCUT2D eigenvalue weighted by Gasteiger charge is 2.30. The van der Waals surface area contributed by atoms with Crippen molar-refractivity contribution in [2.45, 2.75) is 51.7 Å². The first-order chi connectivity index (χ1) is 17.2. The Bertz CT molecular complexity index is 1050. The number of hydrazone groups is 1. The summed E-state index contributed by atoms with van der Waals surface area (Å²) >= 11 is 13.6. The molecule has 0 radical (unpaired) electrons. The lowest BCUT2D eigenvalue weighted by Crippen LogP contribution is -2.52. The van der Waals surface area contributed by atoms with Crippen molar-refractivity contribution in [3.63, 3.8) is 0 Å². The SMILES string of the molecule is CN/C(=N\[N+](=O)[O-])N(Cc1ccsc1)C1CCN([C@H](C)CCNC(=O)c2c(C)cc(Cl)nc2Cl)CC1. The number of amides is 1. The maximum absolute atomic E-state index is 12.6. The second-order valence-corrected chi connectivity index (χ2v) is 10.3. The average molecular weight is 557 g/mol. The van der Waals surface area contributed by atoms with E-state index < -0.39 is 5.03 Å². The number of guanidine groups is 1. The van der Waals surface area contributed by atoms with E-state index in [2.05, 4.69) is 32.5 Å². The second-order valence-electron chi connectivity index (χ2n) is 8.76. The molecule has 13 heteroatoms. The van der Waals surface area contributed by atoms with Crippen LogP contribution in [-0.2, 0) is 6.54 Å². The van der Waals surface area contributed by atoms with Crippen LogP contribution in [0.4, 0.5) is 0 Å². The van der Waals surface area contributed by atoms with Crippen molar-refractivity contribution in [1.29, 1.82) is 0 Å². The first-order valence-corrected chi connectivity index (χ1v) is 13.4. The molecule has 0 saturated carbocycles. The maximum Gasteiger partial charge on any atom is 0.271 e. The van der Waals surface area contributed by atoms with Crippen LogP contribution in [0.3, 0.4) is 0 Å². The summed E-state index contributed by atoms with van der Waals surface area (Å²) in [5.41, 5.74) is 2.13. The lowest BCUT2D eigenvalue weighted by atomic mass is 10.0. The number of halogens is 2. The van der Waals surface area contributed by atoms with Crippen molar-refractivity contribution in [3.05, 3.63) is 60.0 Å². The molecule has 1 aliphatic heterocycles. The molecular weight excluding hydrogens is 525 g/mol. The van der Waals surface area contributed by atoms with Crippen molar-refractivity contribution in [3.8, 4) is 0 Å². The van der Waals surface area contributed by atoms with E-state index in [1.807, 2.05) is 21.7 Å². The molecule has 2 N–H and O–H groups in total. The third-order valence-electron chi connectivity index (χ3n) is 6.38. The molecule has 1 aliphatic rings. The van der Waals surface area contributed by atoms with Crippen molar-refractivity contribution < 1.29 is 9.83 Å². The van der Waals surface area contributed by atoms with E-state index in [1.54, 1.807) is 31.4 Å². The van der Waals surface area contributed by atoms with Crippen LogP contribution in [0.25, 0.3) is 0 Å².